The maximum Gasteiger partial charge on any atom is 0.255 e. The molecular weight excluding hydrogens is 482 g/mol. The van der Waals surface area contributed by atoms with E-state index in [0.717, 1.165) is 12.0 Å². The van der Waals surface area contributed by atoms with E-state index in [1.54, 1.807) is 25.4 Å². The summed E-state index contributed by atoms with van der Waals surface area (Å²) < 4.78 is 0. The van der Waals surface area contributed by atoms with E-state index in [0.29, 0.717) is 57.3 Å². The van der Waals surface area contributed by atoms with Crippen LogP contribution in [0.15, 0.2) is 48.8 Å². The molecule has 0 unspecified atom stereocenters. The zero-order chi connectivity index (χ0) is 26.6. The molecule has 4 heterocycles. The van der Waals surface area contributed by atoms with E-state index in [-0.39, 0.29) is 41.5 Å². The molecule has 1 aromatic carbocycles. The van der Waals surface area contributed by atoms with Crippen molar-refractivity contribution >= 4 is 23.6 Å². The Bertz CT molecular complexity index is 1150. The van der Waals surface area contributed by atoms with Crippen LogP contribution in [0.3, 0.4) is 0 Å². The van der Waals surface area contributed by atoms with Gasteiger partial charge in [-0.2, -0.15) is 0 Å². The number of aryl methyl sites for hydroxylation is 1. The van der Waals surface area contributed by atoms with Gasteiger partial charge in [-0.25, -0.2) is 0 Å². The van der Waals surface area contributed by atoms with Gasteiger partial charge in [-0.3, -0.25) is 19.2 Å². The van der Waals surface area contributed by atoms with E-state index in [1.807, 2.05) is 40.1 Å². The number of aromatic nitrogens is 1. The summed E-state index contributed by atoms with van der Waals surface area (Å²) in [6.07, 6.45) is 7.14. The smallest absolute Gasteiger partial charge is 0.255 e. The number of carbonyl (C=O) groups is 4. The molecule has 2 bridgehead atoms. The summed E-state index contributed by atoms with van der Waals surface area (Å²) in [6, 6.07) is 10.2. The van der Waals surface area contributed by atoms with E-state index < -0.39 is 12.1 Å². The molecule has 2 aromatic rings. The largest absolute Gasteiger partial charge is 0.367 e. The number of likely N-dealkylation sites (tertiary alicyclic amines) is 1. The third kappa shape index (κ3) is 5.76. The van der Waals surface area contributed by atoms with Gasteiger partial charge in [-0.1, -0.05) is 30.3 Å². The van der Waals surface area contributed by atoms with Crippen molar-refractivity contribution in [2.24, 2.45) is 11.8 Å². The maximum atomic E-state index is 13.7. The van der Waals surface area contributed by atoms with Crippen molar-refractivity contribution in [2.75, 3.05) is 19.6 Å². The van der Waals surface area contributed by atoms with Gasteiger partial charge in [0.2, 0.25) is 17.7 Å². The van der Waals surface area contributed by atoms with Crippen LogP contribution in [0.4, 0.5) is 0 Å². The molecule has 4 amide bonds. The Labute approximate surface area is 223 Å². The van der Waals surface area contributed by atoms with Crippen molar-refractivity contribution in [3.63, 3.8) is 0 Å². The van der Waals surface area contributed by atoms with Gasteiger partial charge >= 0.3 is 0 Å². The van der Waals surface area contributed by atoms with Crippen LogP contribution in [0.5, 0.6) is 0 Å². The summed E-state index contributed by atoms with van der Waals surface area (Å²) >= 11 is 0. The van der Waals surface area contributed by atoms with Crippen molar-refractivity contribution in [2.45, 2.75) is 63.6 Å². The minimum atomic E-state index is -0.697. The molecular formula is C29H37N5O4. The van der Waals surface area contributed by atoms with Gasteiger partial charge in [0.1, 0.15) is 12.1 Å². The Morgan fingerprint density at radius 1 is 1.03 bits per heavy atom. The first kappa shape index (κ1) is 26.0. The van der Waals surface area contributed by atoms with Gasteiger partial charge < -0.3 is 25.4 Å². The van der Waals surface area contributed by atoms with Crippen molar-refractivity contribution in [1.29, 1.82) is 0 Å². The monoisotopic (exact) mass is 519 g/mol. The summed E-state index contributed by atoms with van der Waals surface area (Å²) in [5, 5.41) is 5.80. The molecule has 3 saturated heterocycles. The second-order valence-corrected chi connectivity index (χ2v) is 11.0. The predicted molar refractivity (Wildman–Crippen MR) is 142 cm³/mol. The van der Waals surface area contributed by atoms with Crippen LogP contribution in [0.1, 0.15) is 54.9 Å². The first-order valence-corrected chi connectivity index (χ1v) is 13.7. The minimum Gasteiger partial charge on any atom is -0.367 e. The van der Waals surface area contributed by atoms with E-state index in [4.69, 9.17) is 0 Å². The lowest BCUT2D eigenvalue weighted by molar-refractivity contribution is -0.145. The highest BCUT2D eigenvalue weighted by atomic mass is 16.2. The highest BCUT2D eigenvalue weighted by Crippen LogP contribution is 2.36. The lowest BCUT2D eigenvalue weighted by atomic mass is 9.77. The Morgan fingerprint density at radius 2 is 1.84 bits per heavy atom. The molecule has 0 spiro atoms. The molecule has 0 saturated carbocycles. The number of hydrogen-bond donors (Lipinski definition) is 3. The normalized spacial score (nSPS) is 28.4. The summed E-state index contributed by atoms with van der Waals surface area (Å²) in [5.74, 6) is -0.220. The molecule has 0 aliphatic carbocycles. The first-order chi connectivity index (χ1) is 18.4. The molecule has 3 fully saturated rings. The van der Waals surface area contributed by atoms with Gasteiger partial charge in [-0.05, 0) is 62.5 Å². The van der Waals surface area contributed by atoms with Crippen molar-refractivity contribution < 1.29 is 19.2 Å². The van der Waals surface area contributed by atoms with Gasteiger partial charge in [0.25, 0.3) is 5.91 Å². The Morgan fingerprint density at radius 3 is 2.61 bits per heavy atom. The summed E-state index contributed by atoms with van der Waals surface area (Å²) in [5.41, 5.74) is 1.74. The van der Waals surface area contributed by atoms with Gasteiger partial charge in [-0.15, -0.1) is 0 Å². The number of aromatic amines is 1. The van der Waals surface area contributed by atoms with Crippen molar-refractivity contribution in [3.8, 4) is 0 Å². The zero-order valence-electron chi connectivity index (χ0n) is 21.9. The number of benzene rings is 1. The topological polar surface area (TPSA) is 115 Å². The summed E-state index contributed by atoms with van der Waals surface area (Å²) in [7, 11) is 0. The second kappa shape index (κ2) is 11.4. The van der Waals surface area contributed by atoms with Crippen molar-refractivity contribution in [1.82, 2.24) is 25.4 Å². The standard InChI is InChI=1S/C29H37N5O4/c1-19-28(37)34-17-21-14-23(18-33(16-21)29(38)22-12-13-30-15-22)25(34)8-5-9-26(35)32-24(27(36)31-19)11-10-20-6-3-2-4-7-20/h2-4,6-7,12-13,15,19,21,23-25,30H,5,8-11,14,16-18H2,1H3,(H,31,36)(H,32,35)/t19-,21+,23-,24+,25+/m1/s1. The second-order valence-electron chi connectivity index (χ2n) is 11.0. The Balaban J connectivity index is 1.29. The van der Waals surface area contributed by atoms with E-state index in [2.05, 4.69) is 15.6 Å². The molecule has 3 aliphatic rings. The fourth-order valence-electron chi connectivity index (χ4n) is 6.36. The van der Waals surface area contributed by atoms with Crippen LogP contribution in [0.25, 0.3) is 0 Å². The quantitative estimate of drug-likeness (QED) is 0.574. The van der Waals surface area contributed by atoms with Crippen molar-refractivity contribution in [3.05, 3.63) is 59.9 Å². The fourth-order valence-corrected chi connectivity index (χ4v) is 6.36. The van der Waals surface area contributed by atoms with Gasteiger partial charge in [0.05, 0.1) is 5.56 Å². The third-order valence-corrected chi connectivity index (χ3v) is 8.23. The number of nitrogens with one attached hydrogen (secondary N) is 3. The molecule has 38 heavy (non-hydrogen) atoms. The van der Waals surface area contributed by atoms with Crippen LogP contribution in [0, 0.1) is 11.8 Å². The first-order valence-electron chi connectivity index (χ1n) is 13.7. The number of rotatable bonds is 4. The molecule has 1 aromatic heterocycles. The van der Waals surface area contributed by atoms with E-state index >= 15 is 0 Å². The molecule has 3 N–H and O–H groups in total. The number of nitrogens with zero attached hydrogens (tertiary/aromatic N) is 2. The summed E-state index contributed by atoms with van der Waals surface area (Å²) in [4.78, 5) is 59.5. The molecule has 9 heteroatoms. The number of hydrogen-bond acceptors (Lipinski definition) is 4. The number of carbonyl (C=O) groups excluding carboxylic acids is 4. The predicted octanol–water partition coefficient (Wildman–Crippen LogP) is 2.11. The Hall–Kier alpha value is -3.62. The van der Waals surface area contributed by atoms with Crippen LogP contribution in [-0.4, -0.2) is 76.2 Å². The molecule has 9 nitrogen and oxygen atoms in total. The number of amides is 4. The van der Waals surface area contributed by atoms with Gasteiger partial charge in [0.15, 0.2) is 0 Å². The number of piperidine rings is 2. The highest BCUT2D eigenvalue weighted by Gasteiger charge is 2.44. The Kier molecular flexibility index (Phi) is 7.81. The fraction of sp³-hybridized carbons (Fsp3) is 0.517. The van der Waals surface area contributed by atoms with Crippen LogP contribution in [0.2, 0.25) is 0 Å². The highest BCUT2D eigenvalue weighted by molar-refractivity contribution is 5.94. The minimum absolute atomic E-state index is 0.00966. The number of fused-ring (bicyclic) bond motifs is 4. The average Bonchev–Trinajstić information content (AvgIpc) is 3.46. The van der Waals surface area contributed by atoms with E-state index in [9.17, 15) is 19.2 Å². The van der Waals surface area contributed by atoms with Crippen LogP contribution < -0.4 is 10.6 Å². The SMILES string of the molecule is C[C@H]1NC(=O)[C@H](CCc2ccccc2)NC(=O)CCC[C@H]2[C@@H]3C[C@@H](CN(C(=O)c4cc[nH]c4)C3)CN2C1=O. The maximum absolute atomic E-state index is 13.7. The summed E-state index contributed by atoms with van der Waals surface area (Å²) in [6.45, 7) is 3.48. The molecule has 5 rings (SSSR count). The molecule has 3 aliphatic heterocycles. The lowest BCUT2D eigenvalue weighted by Crippen LogP contribution is -2.63. The third-order valence-electron chi connectivity index (χ3n) is 8.23. The van der Waals surface area contributed by atoms with E-state index in [1.165, 1.54) is 0 Å². The molecule has 0 radical (unpaired) electrons. The molecule has 5 atom stereocenters. The molecule has 202 valence electrons. The average molecular weight is 520 g/mol. The van der Waals surface area contributed by atoms with Crippen LogP contribution in [-0.2, 0) is 20.8 Å². The van der Waals surface area contributed by atoms with Crippen LogP contribution >= 0.6 is 0 Å². The van der Waals surface area contributed by atoms with Gasteiger partial charge in [0, 0.05) is 44.5 Å². The number of H-pyrrole nitrogens is 1. The zero-order valence-corrected chi connectivity index (χ0v) is 21.9. The lowest BCUT2D eigenvalue weighted by Gasteiger charge is -2.51.